The quantitative estimate of drug-likeness (QED) is 0.716. The molecule has 1 nitrogen and oxygen atoms in total. The number of ether oxygens (including phenoxy) is 1. The van der Waals surface area contributed by atoms with E-state index < -0.39 is 0 Å². The first-order valence-electron chi connectivity index (χ1n) is 4.87. The van der Waals surface area contributed by atoms with Gasteiger partial charge in [-0.05, 0) is 36.1 Å². The number of aryl methyl sites for hydroxylation is 1. The second-order valence-corrected chi connectivity index (χ2v) is 6.02. The standard InChI is InChI=1S/C11H11BrOS/c12-9-1-2-10-8(7-9)3-4-11(10)13-5-6-14-11/h1-2,7H,3-6H2/t11-/m1/s1. The first-order chi connectivity index (χ1) is 6.80. The minimum absolute atomic E-state index is 0.00995. The predicted octanol–water partition coefficient (Wildman–Crippen LogP) is 3.31. The van der Waals surface area contributed by atoms with Gasteiger partial charge in [-0.1, -0.05) is 22.0 Å². The number of hydrogen-bond donors (Lipinski definition) is 0. The van der Waals surface area contributed by atoms with Gasteiger partial charge in [0, 0.05) is 10.2 Å². The monoisotopic (exact) mass is 270 g/mol. The number of thioether (sulfide) groups is 1. The van der Waals surface area contributed by atoms with Crippen LogP contribution >= 0.6 is 27.7 Å². The van der Waals surface area contributed by atoms with Crippen LogP contribution in [0.3, 0.4) is 0 Å². The van der Waals surface area contributed by atoms with E-state index in [4.69, 9.17) is 4.74 Å². The van der Waals surface area contributed by atoms with Crippen LogP contribution in [0, 0.1) is 0 Å². The van der Waals surface area contributed by atoms with Crippen LogP contribution in [0.25, 0.3) is 0 Å². The van der Waals surface area contributed by atoms with Crippen LogP contribution in [0.1, 0.15) is 17.5 Å². The summed E-state index contributed by atoms with van der Waals surface area (Å²) in [6, 6.07) is 6.56. The molecule has 0 aromatic heterocycles. The SMILES string of the molecule is Brc1ccc2c(c1)CC[C@]21OCCS1. The van der Waals surface area contributed by atoms with Gasteiger partial charge in [-0.2, -0.15) is 0 Å². The summed E-state index contributed by atoms with van der Waals surface area (Å²) in [5, 5.41) is 0. The smallest absolute Gasteiger partial charge is 0.139 e. The number of hydrogen-bond acceptors (Lipinski definition) is 2. The second kappa shape index (κ2) is 3.26. The van der Waals surface area contributed by atoms with E-state index in [-0.39, 0.29) is 4.93 Å². The average molecular weight is 271 g/mol. The van der Waals surface area contributed by atoms with E-state index in [1.807, 2.05) is 11.8 Å². The van der Waals surface area contributed by atoms with Gasteiger partial charge in [-0.15, -0.1) is 11.8 Å². The molecular weight excluding hydrogens is 260 g/mol. The first-order valence-corrected chi connectivity index (χ1v) is 6.65. The molecular formula is C11H11BrOS. The lowest BCUT2D eigenvalue weighted by atomic mass is 10.1. The van der Waals surface area contributed by atoms with Crippen molar-refractivity contribution in [2.75, 3.05) is 12.4 Å². The van der Waals surface area contributed by atoms with Crippen LogP contribution in [-0.4, -0.2) is 12.4 Å². The maximum Gasteiger partial charge on any atom is 0.139 e. The van der Waals surface area contributed by atoms with Gasteiger partial charge in [0.2, 0.25) is 0 Å². The van der Waals surface area contributed by atoms with E-state index in [0.29, 0.717) is 0 Å². The van der Waals surface area contributed by atoms with Crippen molar-refractivity contribution in [2.45, 2.75) is 17.8 Å². The molecule has 1 heterocycles. The minimum Gasteiger partial charge on any atom is -0.359 e. The highest BCUT2D eigenvalue weighted by atomic mass is 79.9. The molecule has 1 aliphatic carbocycles. The Morgan fingerprint density at radius 2 is 2.36 bits per heavy atom. The van der Waals surface area contributed by atoms with Crippen molar-refractivity contribution in [1.82, 2.24) is 0 Å². The summed E-state index contributed by atoms with van der Waals surface area (Å²) in [7, 11) is 0. The van der Waals surface area contributed by atoms with E-state index in [1.165, 1.54) is 15.6 Å². The Morgan fingerprint density at radius 1 is 1.43 bits per heavy atom. The van der Waals surface area contributed by atoms with Gasteiger partial charge in [0.05, 0.1) is 6.61 Å². The normalized spacial score (nSPS) is 29.8. The zero-order valence-electron chi connectivity index (χ0n) is 7.75. The van der Waals surface area contributed by atoms with Crippen LogP contribution in [0.2, 0.25) is 0 Å². The fraction of sp³-hybridized carbons (Fsp3) is 0.455. The van der Waals surface area contributed by atoms with Crippen molar-refractivity contribution in [1.29, 1.82) is 0 Å². The Kier molecular flexibility index (Phi) is 2.15. The maximum atomic E-state index is 5.92. The third-order valence-corrected chi connectivity index (χ3v) is 4.83. The van der Waals surface area contributed by atoms with Crippen molar-refractivity contribution in [3.8, 4) is 0 Å². The number of halogens is 1. The molecule has 0 amide bonds. The molecule has 14 heavy (non-hydrogen) atoms. The molecule has 1 saturated heterocycles. The van der Waals surface area contributed by atoms with Crippen molar-refractivity contribution < 1.29 is 4.74 Å². The summed E-state index contributed by atoms with van der Waals surface area (Å²) in [6.07, 6.45) is 2.30. The first kappa shape index (κ1) is 9.25. The zero-order valence-corrected chi connectivity index (χ0v) is 10.2. The molecule has 1 aromatic carbocycles. The third kappa shape index (κ3) is 1.26. The van der Waals surface area contributed by atoms with Crippen LogP contribution in [0.5, 0.6) is 0 Å². The summed E-state index contributed by atoms with van der Waals surface area (Å²) in [6.45, 7) is 0.903. The minimum atomic E-state index is 0.00995. The lowest BCUT2D eigenvalue weighted by Crippen LogP contribution is -2.16. The van der Waals surface area contributed by atoms with Gasteiger partial charge >= 0.3 is 0 Å². The molecule has 0 radical (unpaired) electrons. The topological polar surface area (TPSA) is 9.23 Å². The molecule has 0 unspecified atom stereocenters. The van der Waals surface area contributed by atoms with Gasteiger partial charge in [0.15, 0.2) is 0 Å². The highest BCUT2D eigenvalue weighted by Crippen LogP contribution is 2.51. The molecule has 0 saturated carbocycles. The molecule has 74 valence electrons. The van der Waals surface area contributed by atoms with E-state index in [2.05, 4.69) is 34.1 Å². The fourth-order valence-corrected chi connectivity index (χ4v) is 4.00. The van der Waals surface area contributed by atoms with Gasteiger partial charge in [-0.25, -0.2) is 0 Å². The summed E-state index contributed by atoms with van der Waals surface area (Å²) < 4.78 is 7.09. The van der Waals surface area contributed by atoms with Crippen LogP contribution in [0.15, 0.2) is 22.7 Å². The van der Waals surface area contributed by atoms with Crippen molar-refractivity contribution in [3.05, 3.63) is 33.8 Å². The van der Waals surface area contributed by atoms with Crippen molar-refractivity contribution in [2.24, 2.45) is 0 Å². The van der Waals surface area contributed by atoms with Crippen LogP contribution < -0.4 is 0 Å². The van der Waals surface area contributed by atoms with Crippen molar-refractivity contribution in [3.63, 3.8) is 0 Å². The van der Waals surface area contributed by atoms with E-state index in [1.54, 1.807) is 0 Å². The highest BCUT2D eigenvalue weighted by Gasteiger charge is 2.43. The summed E-state index contributed by atoms with van der Waals surface area (Å²) >= 11 is 5.48. The molecule has 0 bridgehead atoms. The molecule has 1 aromatic rings. The fourth-order valence-electron chi connectivity index (χ4n) is 2.33. The molecule has 1 aliphatic heterocycles. The Morgan fingerprint density at radius 3 is 3.14 bits per heavy atom. The van der Waals surface area contributed by atoms with Crippen molar-refractivity contribution >= 4 is 27.7 Å². The van der Waals surface area contributed by atoms with E-state index in [9.17, 15) is 0 Å². The van der Waals surface area contributed by atoms with E-state index in [0.717, 1.165) is 25.2 Å². The average Bonchev–Trinajstić information content (AvgIpc) is 2.77. The maximum absolute atomic E-state index is 5.92. The molecule has 1 fully saturated rings. The summed E-state index contributed by atoms with van der Waals surface area (Å²) in [5.74, 6) is 1.13. The molecule has 3 rings (SSSR count). The lowest BCUT2D eigenvalue weighted by Gasteiger charge is -2.22. The second-order valence-electron chi connectivity index (χ2n) is 3.75. The summed E-state index contributed by atoms with van der Waals surface area (Å²) in [4.78, 5) is 0.00995. The number of rotatable bonds is 0. The van der Waals surface area contributed by atoms with Crippen LogP contribution in [-0.2, 0) is 16.1 Å². The van der Waals surface area contributed by atoms with E-state index >= 15 is 0 Å². The molecule has 2 aliphatic rings. The predicted molar refractivity (Wildman–Crippen MR) is 62.6 cm³/mol. The molecule has 1 spiro atoms. The van der Waals surface area contributed by atoms with Gasteiger partial charge in [0.1, 0.15) is 4.93 Å². The Labute approximate surface area is 96.3 Å². The summed E-state index contributed by atoms with van der Waals surface area (Å²) in [5.41, 5.74) is 2.86. The van der Waals surface area contributed by atoms with Gasteiger partial charge in [-0.3, -0.25) is 0 Å². The lowest BCUT2D eigenvalue weighted by molar-refractivity contribution is 0.0510. The number of fused-ring (bicyclic) bond motifs is 2. The Bertz CT molecular complexity index is 372. The van der Waals surface area contributed by atoms with Gasteiger partial charge < -0.3 is 4.74 Å². The Balaban J connectivity index is 2.09. The van der Waals surface area contributed by atoms with Gasteiger partial charge in [0.25, 0.3) is 0 Å². The molecule has 1 atom stereocenters. The molecule has 3 heteroatoms. The number of benzene rings is 1. The Hall–Kier alpha value is 0.01000. The highest BCUT2D eigenvalue weighted by molar-refractivity contribution is 9.10. The zero-order chi connectivity index (χ0) is 9.60. The van der Waals surface area contributed by atoms with Crippen LogP contribution in [0.4, 0.5) is 0 Å². The largest absolute Gasteiger partial charge is 0.359 e. The molecule has 0 N–H and O–H groups in total. The third-order valence-electron chi connectivity index (χ3n) is 2.95.